The van der Waals surface area contributed by atoms with Crippen molar-refractivity contribution in [2.75, 3.05) is 18.1 Å². The van der Waals surface area contributed by atoms with Crippen LogP contribution in [0.5, 0.6) is 0 Å². The summed E-state index contributed by atoms with van der Waals surface area (Å²) in [7, 11) is -1.31. The molecule has 152 valence electrons. The van der Waals surface area contributed by atoms with Crippen LogP contribution in [0.2, 0.25) is 0 Å². The van der Waals surface area contributed by atoms with Crippen LogP contribution in [0.15, 0.2) is 0 Å². The highest BCUT2D eigenvalue weighted by Gasteiger charge is 2.56. The number of unbranched alkanes of at least 4 members (excludes halogenated alkanes) is 8. The van der Waals surface area contributed by atoms with Crippen molar-refractivity contribution in [3.63, 3.8) is 0 Å². The zero-order chi connectivity index (χ0) is 19.2. The lowest BCUT2D eigenvalue weighted by atomic mass is 10.1. The Labute approximate surface area is 163 Å². The third-order valence-corrected chi connectivity index (χ3v) is 5.80. The fraction of sp³-hybridized carbons (Fsp3) is 1.00. The summed E-state index contributed by atoms with van der Waals surface area (Å²) in [5.74, 6) is -4.39. The maximum Gasteiger partial charge on any atom is 0.453 e. The zero-order valence-electron chi connectivity index (χ0n) is 14.4. The number of alkyl halides is 5. The summed E-state index contributed by atoms with van der Waals surface area (Å²) < 4.78 is 77.9. The smallest absolute Gasteiger partial charge is 0.316 e. The second-order valence-electron chi connectivity index (χ2n) is 6.15. The number of halogens is 6. The highest BCUT2D eigenvalue weighted by atomic mass is 127. The molecule has 0 aromatic carbocycles. The second-order valence-corrected chi connectivity index (χ2v) is 8.47. The van der Waals surface area contributed by atoms with E-state index < -0.39 is 29.3 Å². The van der Waals surface area contributed by atoms with Gasteiger partial charge in [-0.05, 0) is 19.3 Å². The van der Waals surface area contributed by atoms with Gasteiger partial charge in [0.25, 0.3) is 0 Å². The van der Waals surface area contributed by atoms with Gasteiger partial charge in [0, 0.05) is 28.7 Å². The molecule has 1 unspecified atom stereocenters. The van der Waals surface area contributed by atoms with Crippen molar-refractivity contribution in [1.29, 1.82) is 0 Å². The van der Waals surface area contributed by atoms with E-state index in [4.69, 9.17) is 3.07 Å². The highest BCUT2D eigenvalue weighted by Crippen LogP contribution is 2.38. The van der Waals surface area contributed by atoms with Gasteiger partial charge in [-0.25, -0.2) is 0 Å². The number of hydrogen-bond donors (Lipinski definition) is 0. The van der Waals surface area contributed by atoms with E-state index >= 15 is 0 Å². The molecule has 0 aliphatic heterocycles. The Balaban J connectivity index is 3.45. The summed E-state index contributed by atoms with van der Waals surface area (Å²) >= 11 is 1.89. The molecule has 0 heterocycles. The Morgan fingerprint density at radius 1 is 0.720 bits per heavy atom. The highest BCUT2D eigenvalue weighted by molar-refractivity contribution is 14.1. The van der Waals surface area contributed by atoms with Gasteiger partial charge in [0.15, 0.2) is 0 Å². The van der Waals surface area contributed by atoms with Crippen LogP contribution in [0.3, 0.4) is 0 Å². The molecule has 0 fully saturated rings. The van der Waals surface area contributed by atoms with Gasteiger partial charge < -0.3 is 3.07 Å². The maximum absolute atomic E-state index is 12.7. The summed E-state index contributed by atoms with van der Waals surface area (Å²) in [6.45, 7) is 0.797. The number of hydrogen-bond acceptors (Lipinski definition) is 2. The molecule has 0 aromatic rings. The first kappa shape index (κ1) is 25.5. The Kier molecular flexibility index (Phi) is 14.8. The fourth-order valence-electron chi connectivity index (χ4n) is 2.36. The largest absolute Gasteiger partial charge is 0.453 e. The molecule has 0 aliphatic rings. The van der Waals surface area contributed by atoms with Crippen LogP contribution >= 0.6 is 23.0 Å². The van der Waals surface area contributed by atoms with Gasteiger partial charge in [-0.15, -0.1) is 0 Å². The molecule has 0 aliphatic carbocycles. The van der Waals surface area contributed by atoms with Crippen LogP contribution in [0.25, 0.3) is 0 Å². The predicted molar refractivity (Wildman–Crippen MR) is 99.6 cm³/mol. The van der Waals surface area contributed by atoms with Crippen LogP contribution in [0.4, 0.5) is 22.0 Å². The molecular weight excluding hydrogens is 478 g/mol. The molecule has 0 rings (SSSR count). The SMILES string of the molecule is O=S(CCCCCCCCCCCOI)CCCC(F)(F)C(F)(F)F. The van der Waals surface area contributed by atoms with Crippen molar-refractivity contribution in [3.05, 3.63) is 0 Å². The Morgan fingerprint density at radius 2 is 1.16 bits per heavy atom. The molecule has 0 saturated carbocycles. The predicted octanol–water partition coefficient (Wildman–Crippen LogP) is 6.59. The average molecular weight is 506 g/mol. The van der Waals surface area contributed by atoms with Gasteiger partial charge in [-0.2, -0.15) is 22.0 Å². The minimum Gasteiger partial charge on any atom is -0.316 e. The zero-order valence-corrected chi connectivity index (χ0v) is 17.4. The van der Waals surface area contributed by atoms with E-state index in [2.05, 4.69) is 0 Å². The first-order valence-electron chi connectivity index (χ1n) is 8.74. The van der Waals surface area contributed by atoms with Crippen LogP contribution in [-0.4, -0.2) is 34.4 Å². The maximum atomic E-state index is 12.7. The monoisotopic (exact) mass is 506 g/mol. The van der Waals surface area contributed by atoms with Crippen molar-refractivity contribution in [1.82, 2.24) is 0 Å². The third-order valence-electron chi connectivity index (χ3n) is 3.87. The summed E-state index contributed by atoms with van der Waals surface area (Å²) in [6.07, 6.45) is 2.47. The van der Waals surface area contributed by atoms with E-state index in [1.807, 2.05) is 23.0 Å². The van der Waals surface area contributed by atoms with Gasteiger partial charge in [0.05, 0.1) is 6.61 Å². The van der Waals surface area contributed by atoms with E-state index in [0.29, 0.717) is 5.75 Å². The molecule has 0 spiro atoms. The van der Waals surface area contributed by atoms with Crippen LogP contribution in [0, 0.1) is 0 Å². The Morgan fingerprint density at radius 3 is 1.64 bits per heavy atom. The molecule has 25 heavy (non-hydrogen) atoms. The second kappa shape index (κ2) is 14.5. The van der Waals surface area contributed by atoms with Gasteiger partial charge in [0.1, 0.15) is 23.0 Å². The van der Waals surface area contributed by atoms with Gasteiger partial charge in [-0.3, -0.25) is 4.21 Å². The average Bonchev–Trinajstić information content (AvgIpc) is 2.51. The fourth-order valence-corrected chi connectivity index (χ4v) is 3.86. The molecule has 1 atom stereocenters. The van der Waals surface area contributed by atoms with Gasteiger partial charge >= 0.3 is 12.1 Å². The normalized spacial score (nSPS) is 14.0. The van der Waals surface area contributed by atoms with Crippen molar-refractivity contribution < 1.29 is 29.2 Å². The van der Waals surface area contributed by atoms with Gasteiger partial charge in [0.2, 0.25) is 0 Å². The molecule has 0 amide bonds. The van der Waals surface area contributed by atoms with Gasteiger partial charge in [-0.1, -0.05) is 44.9 Å². The molecule has 0 N–H and O–H groups in total. The molecular formula is C16H28F5IO2S. The molecule has 0 aromatic heterocycles. The van der Waals surface area contributed by atoms with Crippen LogP contribution < -0.4 is 0 Å². The minimum absolute atomic E-state index is 0.0907. The first-order chi connectivity index (χ1) is 11.7. The first-order valence-corrected chi connectivity index (χ1v) is 11.1. The standard InChI is InChI=1S/C16H28F5IO2S/c17-15(18,16(19,20)21)11-10-14-25(23)13-9-7-5-3-1-2-4-6-8-12-24-22/h1-14H2. The molecule has 0 radical (unpaired) electrons. The van der Waals surface area contributed by atoms with Crippen LogP contribution in [-0.2, 0) is 13.9 Å². The quantitative estimate of drug-likeness (QED) is 0.134. The topological polar surface area (TPSA) is 26.3 Å². The van der Waals surface area contributed by atoms with E-state index in [0.717, 1.165) is 38.7 Å². The van der Waals surface area contributed by atoms with Crippen molar-refractivity contribution in [2.45, 2.75) is 82.7 Å². The van der Waals surface area contributed by atoms with Crippen molar-refractivity contribution in [3.8, 4) is 0 Å². The molecule has 0 saturated heterocycles. The lowest BCUT2D eigenvalue weighted by Crippen LogP contribution is -2.36. The molecule has 0 bridgehead atoms. The van der Waals surface area contributed by atoms with Crippen molar-refractivity contribution >= 4 is 33.8 Å². The Hall–Kier alpha value is 0.490. The molecule has 2 nitrogen and oxygen atoms in total. The summed E-state index contributed by atoms with van der Waals surface area (Å²) in [4.78, 5) is 0. The third kappa shape index (κ3) is 14.2. The lowest BCUT2D eigenvalue weighted by Gasteiger charge is -2.19. The van der Waals surface area contributed by atoms with Crippen LogP contribution in [0.1, 0.15) is 70.6 Å². The summed E-state index contributed by atoms with van der Waals surface area (Å²) in [5.41, 5.74) is 0. The number of rotatable bonds is 16. The van der Waals surface area contributed by atoms with E-state index in [1.54, 1.807) is 0 Å². The summed E-state index contributed by atoms with van der Waals surface area (Å²) in [5, 5.41) is 0. The summed E-state index contributed by atoms with van der Waals surface area (Å²) in [6, 6.07) is 0. The lowest BCUT2D eigenvalue weighted by molar-refractivity contribution is -0.284. The van der Waals surface area contributed by atoms with E-state index in [1.165, 1.54) is 25.7 Å². The Bertz CT molecular complexity index is 354. The minimum atomic E-state index is -5.52. The van der Waals surface area contributed by atoms with E-state index in [9.17, 15) is 26.2 Å². The van der Waals surface area contributed by atoms with Crippen molar-refractivity contribution in [2.24, 2.45) is 0 Å². The molecule has 9 heteroatoms. The van der Waals surface area contributed by atoms with E-state index in [-0.39, 0.29) is 12.2 Å².